The predicted molar refractivity (Wildman–Crippen MR) is 62.6 cm³/mol. The number of ketones is 1. The molecule has 2 saturated carbocycles. The average Bonchev–Trinajstić information content (AvgIpc) is 2.99. The van der Waals surface area contributed by atoms with E-state index < -0.39 is 53.3 Å². The van der Waals surface area contributed by atoms with Gasteiger partial charge in [-0.25, -0.2) is 5.26 Å². The zero-order chi connectivity index (χ0) is 17.4. The molecule has 132 valence electrons. The van der Waals surface area contributed by atoms with E-state index in [2.05, 4.69) is 14.1 Å². The van der Waals surface area contributed by atoms with Gasteiger partial charge in [0.2, 0.25) is 0 Å². The Kier molecular flexibility index (Phi) is 5.18. The van der Waals surface area contributed by atoms with E-state index in [9.17, 15) is 31.5 Å². The summed E-state index contributed by atoms with van der Waals surface area (Å²) in [6.45, 7) is 0. The lowest BCUT2D eigenvalue weighted by atomic mass is 9.88. The van der Waals surface area contributed by atoms with Crippen LogP contribution < -0.4 is 0 Å². The molecule has 0 radical (unpaired) electrons. The van der Waals surface area contributed by atoms with E-state index in [1.54, 1.807) is 0 Å². The lowest BCUT2D eigenvalue weighted by molar-refractivity contribution is -0.434. The molecule has 2 aliphatic rings. The first-order chi connectivity index (χ1) is 10.6. The van der Waals surface area contributed by atoms with Crippen LogP contribution in [0.3, 0.4) is 0 Å². The van der Waals surface area contributed by atoms with Gasteiger partial charge in [-0.05, 0) is 18.8 Å². The van der Waals surface area contributed by atoms with Crippen molar-refractivity contribution in [2.75, 3.05) is 0 Å². The van der Waals surface area contributed by atoms with Crippen molar-refractivity contribution in [2.24, 2.45) is 17.8 Å². The highest BCUT2D eigenvalue weighted by Crippen LogP contribution is 2.48. The molecule has 0 aromatic rings. The first kappa shape index (κ1) is 18.4. The van der Waals surface area contributed by atoms with E-state index in [0.29, 0.717) is 6.42 Å². The first-order valence-corrected chi connectivity index (χ1v) is 7.14. The minimum atomic E-state index is -5.57. The van der Waals surface area contributed by atoms with Gasteiger partial charge in [0, 0.05) is 12.3 Å². The lowest BCUT2D eigenvalue weighted by Crippen LogP contribution is -2.47. The van der Waals surface area contributed by atoms with Gasteiger partial charge in [0.25, 0.3) is 6.10 Å². The topological polar surface area (TPSA) is 82.1 Å². The van der Waals surface area contributed by atoms with Crippen LogP contribution >= 0.6 is 12.0 Å². The Morgan fingerprint density at radius 3 is 2.35 bits per heavy atom. The highest BCUT2D eigenvalue weighted by atomic mass is 32.2. The minimum Gasteiger partial charge on any atom is -0.445 e. The molecule has 2 bridgehead atoms. The Labute approximate surface area is 130 Å². The average molecular weight is 366 g/mol. The van der Waals surface area contributed by atoms with Crippen LogP contribution in [-0.4, -0.2) is 34.5 Å². The molecule has 0 spiro atoms. The molecule has 0 heterocycles. The zero-order valence-electron chi connectivity index (χ0n) is 11.2. The normalized spacial score (nSPS) is 29.0. The molecule has 23 heavy (non-hydrogen) atoms. The summed E-state index contributed by atoms with van der Waals surface area (Å²) in [5.74, 6) is -3.44. The summed E-state index contributed by atoms with van der Waals surface area (Å²) in [6, 6.07) is 0. The number of Topliss-reactive ketones (excluding diaryl/α,β-unsaturated/α-hetero) is 1. The van der Waals surface area contributed by atoms with Crippen molar-refractivity contribution in [3.8, 4) is 0 Å². The Morgan fingerprint density at radius 2 is 1.91 bits per heavy atom. The summed E-state index contributed by atoms with van der Waals surface area (Å²) in [7, 11) is 0. The summed E-state index contributed by atoms with van der Waals surface area (Å²) in [4.78, 5) is 23.2. The fourth-order valence-corrected chi connectivity index (χ4v) is 3.35. The maximum absolute atomic E-state index is 13.5. The van der Waals surface area contributed by atoms with Crippen molar-refractivity contribution >= 4 is 23.8 Å². The molecule has 0 saturated heterocycles. The van der Waals surface area contributed by atoms with E-state index in [0.717, 1.165) is 0 Å². The quantitative estimate of drug-likeness (QED) is 0.254. The number of hydrogen-bond acceptors (Lipinski definition) is 7. The van der Waals surface area contributed by atoms with Crippen LogP contribution in [0.25, 0.3) is 0 Å². The van der Waals surface area contributed by atoms with E-state index >= 15 is 0 Å². The second kappa shape index (κ2) is 6.49. The van der Waals surface area contributed by atoms with Crippen LogP contribution in [0.15, 0.2) is 0 Å². The summed E-state index contributed by atoms with van der Waals surface area (Å²) < 4.78 is 72.5. The number of halogens is 5. The zero-order valence-corrected chi connectivity index (χ0v) is 12.0. The summed E-state index contributed by atoms with van der Waals surface area (Å²) in [6.07, 6.45) is -8.96. The maximum atomic E-state index is 13.5. The van der Waals surface area contributed by atoms with Gasteiger partial charge in [-0.15, -0.1) is 4.33 Å². The van der Waals surface area contributed by atoms with Crippen LogP contribution in [0.2, 0.25) is 0 Å². The second-order valence-corrected chi connectivity index (χ2v) is 6.20. The third kappa shape index (κ3) is 3.92. The fourth-order valence-electron chi connectivity index (χ4n) is 2.96. The van der Waals surface area contributed by atoms with Gasteiger partial charge in [0.1, 0.15) is 17.8 Å². The molecular weight excluding hydrogens is 355 g/mol. The van der Waals surface area contributed by atoms with Gasteiger partial charge in [0.05, 0.1) is 5.92 Å². The molecule has 2 aliphatic carbocycles. The van der Waals surface area contributed by atoms with Crippen molar-refractivity contribution < 1.29 is 50.9 Å². The standard InChI is InChI=1S/C11H11F5O6S/c12-10(13,14)9(11(15,16)23-22-21-19)20-8(18)6-2-5-1-4(6)3-7(5)17/h4-6,9,19H,1-3H2. The van der Waals surface area contributed by atoms with Gasteiger partial charge in [0.15, 0.2) is 0 Å². The Bertz CT molecular complexity index is 484. The molecule has 6 nitrogen and oxygen atoms in total. The molecular formula is C11H11F5O6S. The fraction of sp³-hybridized carbons (Fsp3) is 0.818. The number of ether oxygens (including phenoxy) is 1. The molecule has 0 aromatic heterocycles. The predicted octanol–water partition coefficient (Wildman–Crippen LogP) is 2.74. The first-order valence-electron chi connectivity index (χ1n) is 6.40. The van der Waals surface area contributed by atoms with Gasteiger partial charge < -0.3 is 4.74 Å². The van der Waals surface area contributed by atoms with Gasteiger partial charge in [-0.3, -0.25) is 9.59 Å². The van der Waals surface area contributed by atoms with Crippen molar-refractivity contribution in [1.29, 1.82) is 0 Å². The molecule has 4 unspecified atom stereocenters. The third-order valence-electron chi connectivity index (χ3n) is 3.93. The number of carbonyl (C=O) groups excluding carboxylic acids is 2. The Morgan fingerprint density at radius 1 is 1.26 bits per heavy atom. The number of esters is 1. The van der Waals surface area contributed by atoms with E-state index in [1.807, 2.05) is 0 Å². The van der Waals surface area contributed by atoms with Crippen LogP contribution in [-0.2, 0) is 23.7 Å². The van der Waals surface area contributed by atoms with Crippen LogP contribution in [0.4, 0.5) is 22.0 Å². The van der Waals surface area contributed by atoms with Gasteiger partial charge >= 0.3 is 17.4 Å². The molecule has 0 amide bonds. The van der Waals surface area contributed by atoms with Crippen molar-refractivity contribution in [3.63, 3.8) is 0 Å². The van der Waals surface area contributed by atoms with Crippen molar-refractivity contribution in [1.82, 2.24) is 0 Å². The number of fused-ring (bicyclic) bond motifs is 2. The lowest BCUT2D eigenvalue weighted by Gasteiger charge is -2.28. The molecule has 0 aliphatic heterocycles. The number of hydrogen-bond donors (Lipinski definition) is 1. The number of alkyl halides is 5. The molecule has 2 fully saturated rings. The van der Waals surface area contributed by atoms with E-state index in [4.69, 9.17) is 5.26 Å². The number of carbonyl (C=O) groups is 2. The minimum absolute atomic E-state index is 0.00186. The van der Waals surface area contributed by atoms with E-state index in [-0.39, 0.29) is 18.6 Å². The van der Waals surface area contributed by atoms with Gasteiger partial charge in [-0.2, -0.15) is 22.0 Å². The van der Waals surface area contributed by atoms with Crippen molar-refractivity contribution in [3.05, 3.63) is 0 Å². The summed E-state index contributed by atoms with van der Waals surface area (Å²) in [5.41, 5.74) is 0. The monoisotopic (exact) mass is 366 g/mol. The Hall–Kier alpha value is -0.980. The Balaban J connectivity index is 2.06. The highest BCUT2D eigenvalue weighted by molar-refractivity contribution is 7.95. The molecule has 4 atom stereocenters. The smallest absolute Gasteiger partial charge is 0.432 e. The number of rotatable bonds is 6. The van der Waals surface area contributed by atoms with E-state index in [1.165, 1.54) is 0 Å². The molecule has 2 rings (SSSR count). The molecule has 1 N–H and O–H groups in total. The third-order valence-corrected chi connectivity index (χ3v) is 4.49. The van der Waals surface area contributed by atoms with Crippen LogP contribution in [0, 0.1) is 17.8 Å². The largest absolute Gasteiger partial charge is 0.445 e. The molecule has 0 aromatic carbocycles. The second-order valence-electron chi connectivity index (χ2n) is 5.35. The van der Waals surface area contributed by atoms with Crippen LogP contribution in [0.5, 0.6) is 0 Å². The molecule has 12 heteroatoms. The summed E-state index contributed by atoms with van der Waals surface area (Å²) >= 11 is -1.14. The van der Waals surface area contributed by atoms with Crippen molar-refractivity contribution in [2.45, 2.75) is 36.8 Å². The SMILES string of the molecule is O=C1CC2CC1CC2C(=O)OC(C(F)(F)F)C(F)(F)SOOO. The van der Waals surface area contributed by atoms with Crippen LogP contribution in [0.1, 0.15) is 19.3 Å². The van der Waals surface area contributed by atoms with Gasteiger partial charge in [-0.1, -0.05) is 5.04 Å². The highest BCUT2D eigenvalue weighted by Gasteiger charge is 2.61. The maximum Gasteiger partial charge on any atom is 0.432 e. The summed E-state index contributed by atoms with van der Waals surface area (Å²) in [5, 5.41) is 5.86.